The lowest BCUT2D eigenvalue weighted by atomic mass is 9.82. The number of thiophene rings is 2. The zero-order valence-electron chi connectivity index (χ0n) is 23.3. The molecule has 4 nitrogen and oxygen atoms in total. The van der Waals surface area contributed by atoms with E-state index in [2.05, 4.69) is 77.7 Å². The number of nitriles is 1. The number of carboxylic acids is 1. The summed E-state index contributed by atoms with van der Waals surface area (Å²) in [4.78, 5) is 18.7. The van der Waals surface area contributed by atoms with Crippen molar-refractivity contribution in [3.05, 3.63) is 114 Å². The first-order chi connectivity index (χ1) is 21.1. The van der Waals surface area contributed by atoms with Crippen molar-refractivity contribution in [1.82, 2.24) is 0 Å². The second kappa shape index (κ2) is 10.4. The Hall–Kier alpha value is -4.44. The smallest absolute Gasteiger partial charge is 0.346 e. The quantitative estimate of drug-likeness (QED) is 0.157. The molecule has 3 aromatic carbocycles. The summed E-state index contributed by atoms with van der Waals surface area (Å²) in [5.41, 5.74) is 7.06. The van der Waals surface area contributed by atoms with Crippen molar-refractivity contribution in [2.24, 2.45) is 11.8 Å². The van der Waals surface area contributed by atoms with Gasteiger partial charge < -0.3 is 10.0 Å². The molecule has 43 heavy (non-hydrogen) atoms. The van der Waals surface area contributed by atoms with Gasteiger partial charge in [0.2, 0.25) is 0 Å². The van der Waals surface area contributed by atoms with Crippen LogP contribution in [0.5, 0.6) is 0 Å². The second-order valence-electron chi connectivity index (χ2n) is 11.8. The van der Waals surface area contributed by atoms with Crippen LogP contribution >= 0.6 is 22.7 Å². The molecular weight excluding hydrogens is 569 g/mol. The molecule has 6 heteroatoms. The summed E-state index contributed by atoms with van der Waals surface area (Å²) >= 11 is 3.61. The number of rotatable bonds is 6. The van der Waals surface area contributed by atoms with E-state index in [0.717, 1.165) is 22.3 Å². The first-order valence-corrected chi connectivity index (χ1v) is 16.3. The first-order valence-electron chi connectivity index (χ1n) is 14.7. The lowest BCUT2D eigenvalue weighted by Crippen LogP contribution is -2.35. The van der Waals surface area contributed by atoms with Gasteiger partial charge in [0.25, 0.3) is 0 Å². The molecule has 2 saturated carbocycles. The van der Waals surface area contributed by atoms with Crippen LogP contribution in [0.1, 0.15) is 36.3 Å². The molecule has 0 amide bonds. The highest BCUT2D eigenvalue weighted by Crippen LogP contribution is 2.62. The number of nitrogens with zero attached hydrogens (tertiary/aromatic N) is 2. The summed E-state index contributed by atoms with van der Waals surface area (Å²) < 4.78 is 0. The number of carboxylic acid groups (broad SMARTS) is 1. The van der Waals surface area contributed by atoms with E-state index in [1.807, 2.05) is 35.6 Å². The maximum atomic E-state index is 11.2. The highest BCUT2D eigenvalue weighted by atomic mass is 32.1. The van der Waals surface area contributed by atoms with Gasteiger partial charge >= 0.3 is 5.97 Å². The minimum absolute atomic E-state index is 0.271. The van der Waals surface area contributed by atoms with Crippen LogP contribution in [0, 0.1) is 23.2 Å². The van der Waals surface area contributed by atoms with Crippen LogP contribution in [0.4, 0.5) is 11.4 Å². The summed E-state index contributed by atoms with van der Waals surface area (Å²) in [6.07, 6.45) is 5.50. The highest BCUT2D eigenvalue weighted by molar-refractivity contribution is 7.25. The fourth-order valence-corrected chi connectivity index (χ4v) is 9.73. The zero-order valence-corrected chi connectivity index (χ0v) is 24.9. The Labute approximate surface area is 258 Å². The van der Waals surface area contributed by atoms with Gasteiger partial charge in [0.1, 0.15) is 11.6 Å². The molecule has 2 aliphatic carbocycles. The number of carbonyl (C=O) groups is 1. The predicted octanol–water partition coefficient (Wildman–Crippen LogP) is 9.84. The molecule has 5 aromatic rings. The predicted molar refractivity (Wildman–Crippen MR) is 176 cm³/mol. The molecule has 0 saturated heterocycles. The molecule has 2 aromatic heterocycles. The Morgan fingerprint density at radius 3 is 2.16 bits per heavy atom. The van der Waals surface area contributed by atoms with Crippen molar-refractivity contribution in [3.8, 4) is 36.7 Å². The second-order valence-corrected chi connectivity index (χ2v) is 13.9. The van der Waals surface area contributed by atoms with E-state index in [9.17, 15) is 4.79 Å². The van der Waals surface area contributed by atoms with E-state index in [4.69, 9.17) is 10.4 Å². The Balaban J connectivity index is 1.07. The van der Waals surface area contributed by atoms with Gasteiger partial charge in [-0.3, -0.25) is 0 Å². The number of hydrogen-bond acceptors (Lipinski definition) is 5. The average molecular weight is 597 g/mol. The Kier molecular flexibility index (Phi) is 6.32. The van der Waals surface area contributed by atoms with Crippen LogP contribution in [0.3, 0.4) is 0 Å². The fourth-order valence-electron chi connectivity index (χ4n) is 7.63. The minimum Gasteiger partial charge on any atom is -0.477 e. The van der Waals surface area contributed by atoms with E-state index in [1.54, 1.807) is 17.4 Å². The molecule has 4 unspecified atom stereocenters. The lowest BCUT2D eigenvalue weighted by molar-refractivity contribution is -0.132. The van der Waals surface area contributed by atoms with Crippen molar-refractivity contribution in [2.45, 2.75) is 31.2 Å². The third-order valence-electron chi connectivity index (χ3n) is 9.45. The lowest BCUT2D eigenvalue weighted by Gasteiger charge is -2.33. The average Bonchev–Trinajstić information content (AvgIpc) is 3.87. The molecule has 2 bridgehead atoms. The SMILES string of the molecule is N#C/C(=C\c1ccc(-c2ccc(-c3ccc(-c4ccc5c(c4)C4C6CCC(C6)C4N5c4ccccc4)s3)s2)cc1)C(=O)O. The molecule has 4 atom stereocenters. The number of anilines is 2. The van der Waals surface area contributed by atoms with Gasteiger partial charge in [-0.05, 0) is 108 Å². The maximum Gasteiger partial charge on any atom is 0.346 e. The van der Waals surface area contributed by atoms with Gasteiger partial charge in [-0.15, -0.1) is 22.7 Å². The van der Waals surface area contributed by atoms with Crippen molar-refractivity contribution >= 4 is 46.1 Å². The molecule has 0 spiro atoms. The molecule has 1 aliphatic heterocycles. The summed E-state index contributed by atoms with van der Waals surface area (Å²) in [6.45, 7) is 0. The van der Waals surface area contributed by atoms with Crippen LogP contribution in [0.2, 0.25) is 0 Å². The third kappa shape index (κ3) is 4.43. The van der Waals surface area contributed by atoms with Gasteiger partial charge in [-0.1, -0.05) is 48.5 Å². The number of hydrogen-bond donors (Lipinski definition) is 1. The molecule has 2 fully saturated rings. The highest BCUT2D eigenvalue weighted by Gasteiger charge is 2.55. The number of fused-ring (bicyclic) bond motifs is 7. The molecule has 210 valence electrons. The Morgan fingerprint density at radius 2 is 1.47 bits per heavy atom. The zero-order chi connectivity index (χ0) is 29.1. The molecule has 3 aliphatic rings. The number of para-hydroxylation sites is 1. The van der Waals surface area contributed by atoms with Crippen LogP contribution in [-0.2, 0) is 4.79 Å². The molecule has 8 rings (SSSR count). The number of aliphatic carboxylic acids is 1. The van der Waals surface area contributed by atoms with Crippen molar-refractivity contribution in [3.63, 3.8) is 0 Å². The van der Waals surface area contributed by atoms with E-state index < -0.39 is 5.97 Å². The first kappa shape index (κ1) is 26.2. The van der Waals surface area contributed by atoms with Crippen LogP contribution in [-0.4, -0.2) is 17.1 Å². The van der Waals surface area contributed by atoms with Gasteiger partial charge in [0.15, 0.2) is 0 Å². The van der Waals surface area contributed by atoms with Crippen LogP contribution < -0.4 is 4.90 Å². The van der Waals surface area contributed by atoms with E-state index in [0.29, 0.717) is 17.5 Å². The van der Waals surface area contributed by atoms with Crippen LogP contribution in [0.15, 0.2) is 103 Å². The summed E-state index contributed by atoms with van der Waals surface area (Å²) in [5.74, 6) is 1.01. The molecule has 3 heterocycles. The fraction of sp³-hybridized carbons (Fsp3) is 0.189. The minimum atomic E-state index is -1.21. The van der Waals surface area contributed by atoms with Crippen LogP contribution in [0.25, 0.3) is 36.7 Å². The van der Waals surface area contributed by atoms with Crippen molar-refractivity contribution in [2.75, 3.05) is 4.90 Å². The topological polar surface area (TPSA) is 64.3 Å². The summed E-state index contributed by atoms with van der Waals surface area (Å²) in [7, 11) is 0. The van der Waals surface area contributed by atoms with Crippen molar-refractivity contribution in [1.29, 1.82) is 5.26 Å². The standard InChI is InChI=1S/C37H28N2O2S2/c38-21-27(37(40)41)18-22-6-8-23(9-7-22)31-14-16-33(42-31)34-17-15-32(43-34)24-12-13-30-29(20-24)35-25-10-11-26(19-25)36(35)39(30)28-4-2-1-3-5-28/h1-9,12-18,20,25-26,35-36H,10-11,19H2,(H,40,41)/b27-18+. The van der Waals surface area contributed by atoms with E-state index in [1.165, 1.54) is 62.5 Å². The Bertz CT molecular complexity index is 1930. The monoisotopic (exact) mass is 596 g/mol. The van der Waals surface area contributed by atoms with Gasteiger partial charge in [-0.25, -0.2) is 4.79 Å². The largest absolute Gasteiger partial charge is 0.477 e. The van der Waals surface area contributed by atoms with E-state index in [-0.39, 0.29) is 5.57 Å². The normalized spacial score (nSPS) is 21.9. The maximum absolute atomic E-state index is 11.2. The molecule has 0 radical (unpaired) electrons. The van der Waals surface area contributed by atoms with Crippen molar-refractivity contribution < 1.29 is 9.90 Å². The van der Waals surface area contributed by atoms with Gasteiger partial charge in [-0.2, -0.15) is 5.26 Å². The van der Waals surface area contributed by atoms with Gasteiger partial charge in [0.05, 0.1) is 0 Å². The Morgan fingerprint density at radius 1 is 0.814 bits per heavy atom. The summed E-state index contributed by atoms with van der Waals surface area (Å²) in [6, 6.07) is 36.9. The summed E-state index contributed by atoms with van der Waals surface area (Å²) in [5, 5.41) is 18.1. The molecular formula is C37H28N2O2S2. The number of benzene rings is 3. The molecule has 1 N–H and O–H groups in total. The third-order valence-corrected chi connectivity index (χ3v) is 11.9. The van der Waals surface area contributed by atoms with E-state index >= 15 is 0 Å². The van der Waals surface area contributed by atoms with Gasteiger partial charge in [0, 0.05) is 42.8 Å².